The summed E-state index contributed by atoms with van der Waals surface area (Å²) in [5, 5.41) is 3.69. The van der Waals surface area contributed by atoms with E-state index in [0.29, 0.717) is 23.7 Å². The third-order valence-electron chi connectivity index (χ3n) is 6.10. The van der Waals surface area contributed by atoms with Crippen molar-refractivity contribution in [1.82, 2.24) is 4.90 Å². The highest BCUT2D eigenvalue weighted by atomic mass is 32.1. The summed E-state index contributed by atoms with van der Waals surface area (Å²) in [6.45, 7) is 8.11. The normalized spacial score (nSPS) is 16.6. The van der Waals surface area contributed by atoms with Crippen LogP contribution in [0.4, 0.5) is 10.7 Å². The van der Waals surface area contributed by atoms with Gasteiger partial charge in [0.25, 0.3) is 0 Å². The standard InChI is InChI=1S/C24H31N3O3S/c1-3-30-24(29)22-18-9-5-7-11-20(18)31-23(22)25-21(28)16-26-12-14-27(15-13-26)19-10-6-4-8-17(19)2/h4,6,8,10H,3,5,7,9,11-16H2,1-2H3,(H,25,28). The molecule has 1 amide bonds. The molecule has 0 atom stereocenters. The summed E-state index contributed by atoms with van der Waals surface area (Å²) in [7, 11) is 0. The minimum atomic E-state index is -0.316. The Kier molecular flexibility index (Phi) is 6.92. The van der Waals surface area contributed by atoms with Gasteiger partial charge < -0.3 is 15.0 Å². The van der Waals surface area contributed by atoms with E-state index in [1.165, 1.54) is 16.1 Å². The summed E-state index contributed by atoms with van der Waals surface area (Å²) < 4.78 is 5.29. The maximum absolute atomic E-state index is 12.8. The van der Waals surface area contributed by atoms with Crippen molar-refractivity contribution >= 4 is 33.9 Å². The van der Waals surface area contributed by atoms with Crippen LogP contribution >= 0.6 is 11.3 Å². The Morgan fingerprint density at radius 3 is 2.58 bits per heavy atom. The minimum absolute atomic E-state index is 0.0616. The molecule has 1 aliphatic heterocycles. The van der Waals surface area contributed by atoms with E-state index in [1.54, 1.807) is 11.3 Å². The van der Waals surface area contributed by atoms with E-state index in [9.17, 15) is 9.59 Å². The number of ether oxygens (including phenoxy) is 1. The lowest BCUT2D eigenvalue weighted by atomic mass is 9.95. The number of nitrogens with zero attached hydrogens (tertiary/aromatic N) is 2. The second-order valence-electron chi connectivity index (χ2n) is 8.23. The van der Waals surface area contributed by atoms with Crippen LogP contribution in [0.15, 0.2) is 24.3 Å². The molecule has 0 spiro atoms. The van der Waals surface area contributed by atoms with Crippen LogP contribution < -0.4 is 10.2 Å². The zero-order valence-corrected chi connectivity index (χ0v) is 19.2. The lowest BCUT2D eigenvalue weighted by Crippen LogP contribution is -2.48. The summed E-state index contributed by atoms with van der Waals surface area (Å²) in [5.74, 6) is -0.377. The van der Waals surface area contributed by atoms with Gasteiger partial charge in [-0.2, -0.15) is 0 Å². The first-order chi connectivity index (χ1) is 15.1. The molecule has 1 saturated heterocycles. The topological polar surface area (TPSA) is 61.9 Å². The number of piperazine rings is 1. The first-order valence-corrected chi connectivity index (χ1v) is 12.0. The van der Waals surface area contributed by atoms with Crippen molar-refractivity contribution in [2.45, 2.75) is 39.5 Å². The highest BCUT2D eigenvalue weighted by Gasteiger charge is 2.28. The number of para-hydroxylation sites is 1. The van der Waals surface area contributed by atoms with Gasteiger partial charge in [-0.3, -0.25) is 9.69 Å². The monoisotopic (exact) mass is 441 g/mol. The molecule has 6 nitrogen and oxygen atoms in total. The molecule has 7 heteroatoms. The number of esters is 1. The number of anilines is 2. The van der Waals surface area contributed by atoms with Gasteiger partial charge in [0.2, 0.25) is 5.91 Å². The number of aryl methyl sites for hydroxylation is 2. The van der Waals surface area contributed by atoms with Gasteiger partial charge in [0.05, 0.1) is 18.7 Å². The smallest absolute Gasteiger partial charge is 0.341 e. The van der Waals surface area contributed by atoms with E-state index in [-0.39, 0.29) is 11.9 Å². The Bertz CT molecular complexity index is 948. The van der Waals surface area contributed by atoms with Crippen molar-refractivity contribution in [3.05, 3.63) is 45.8 Å². The SMILES string of the molecule is CCOC(=O)c1c(NC(=O)CN2CCN(c3ccccc3C)CC2)sc2c1CCCC2. The number of fused-ring (bicyclic) bond motifs is 1. The maximum Gasteiger partial charge on any atom is 0.341 e. The van der Waals surface area contributed by atoms with Crippen LogP contribution in [0, 0.1) is 6.92 Å². The number of carbonyl (C=O) groups is 2. The summed E-state index contributed by atoms with van der Waals surface area (Å²) in [6, 6.07) is 8.43. The number of thiophene rings is 1. The first-order valence-electron chi connectivity index (χ1n) is 11.2. The number of nitrogens with one attached hydrogen (secondary N) is 1. The molecule has 1 aromatic carbocycles. The lowest BCUT2D eigenvalue weighted by molar-refractivity contribution is -0.117. The second kappa shape index (κ2) is 9.83. The Morgan fingerprint density at radius 1 is 1.10 bits per heavy atom. The average molecular weight is 442 g/mol. The fourth-order valence-corrected chi connectivity index (χ4v) is 5.80. The molecular weight excluding hydrogens is 410 g/mol. The minimum Gasteiger partial charge on any atom is -0.462 e. The number of hydrogen-bond donors (Lipinski definition) is 1. The van der Waals surface area contributed by atoms with Gasteiger partial charge in [0.15, 0.2) is 0 Å². The molecule has 31 heavy (non-hydrogen) atoms. The van der Waals surface area contributed by atoms with E-state index in [1.807, 2.05) is 6.92 Å². The molecule has 0 saturated carbocycles. The van der Waals surface area contributed by atoms with Crippen LogP contribution in [0.5, 0.6) is 0 Å². The maximum atomic E-state index is 12.8. The van der Waals surface area contributed by atoms with Crippen molar-refractivity contribution in [2.75, 3.05) is 49.5 Å². The van der Waals surface area contributed by atoms with Gasteiger partial charge in [-0.05, 0) is 56.7 Å². The molecule has 0 bridgehead atoms. The van der Waals surface area contributed by atoms with Crippen LogP contribution in [-0.2, 0) is 22.4 Å². The van der Waals surface area contributed by atoms with Crippen LogP contribution in [0.1, 0.15) is 46.1 Å². The predicted molar refractivity (Wildman–Crippen MR) is 125 cm³/mol. The Morgan fingerprint density at radius 2 is 1.84 bits per heavy atom. The van der Waals surface area contributed by atoms with Crippen molar-refractivity contribution in [3.8, 4) is 0 Å². The predicted octanol–water partition coefficient (Wildman–Crippen LogP) is 3.87. The Labute approximate surface area is 188 Å². The van der Waals surface area contributed by atoms with Crippen molar-refractivity contribution in [3.63, 3.8) is 0 Å². The summed E-state index contributed by atoms with van der Waals surface area (Å²) in [6.07, 6.45) is 4.07. The summed E-state index contributed by atoms with van der Waals surface area (Å²) >= 11 is 1.55. The zero-order valence-electron chi connectivity index (χ0n) is 18.4. The number of carbonyl (C=O) groups excluding carboxylic acids is 2. The molecule has 0 unspecified atom stereocenters. The van der Waals surface area contributed by atoms with Gasteiger partial charge in [-0.25, -0.2) is 4.79 Å². The molecule has 2 heterocycles. The largest absolute Gasteiger partial charge is 0.462 e. The fraction of sp³-hybridized carbons (Fsp3) is 0.500. The number of rotatable bonds is 6. The number of hydrogen-bond acceptors (Lipinski definition) is 6. The van der Waals surface area contributed by atoms with E-state index in [0.717, 1.165) is 57.4 Å². The lowest BCUT2D eigenvalue weighted by Gasteiger charge is -2.36. The Balaban J connectivity index is 1.38. The molecule has 1 N–H and O–H groups in total. The fourth-order valence-electron chi connectivity index (χ4n) is 4.51. The van der Waals surface area contributed by atoms with Gasteiger partial charge in [-0.1, -0.05) is 18.2 Å². The zero-order chi connectivity index (χ0) is 21.8. The quantitative estimate of drug-likeness (QED) is 0.690. The Hall–Kier alpha value is -2.38. The van der Waals surface area contributed by atoms with Crippen LogP contribution in [0.2, 0.25) is 0 Å². The van der Waals surface area contributed by atoms with Crippen LogP contribution in [0.3, 0.4) is 0 Å². The van der Waals surface area contributed by atoms with E-state index in [2.05, 4.69) is 46.3 Å². The first kappa shape index (κ1) is 21.8. The molecule has 1 aliphatic carbocycles. The van der Waals surface area contributed by atoms with Gasteiger partial charge >= 0.3 is 5.97 Å². The molecular formula is C24H31N3O3S. The van der Waals surface area contributed by atoms with Crippen molar-refractivity contribution < 1.29 is 14.3 Å². The van der Waals surface area contributed by atoms with Gasteiger partial charge in [0, 0.05) is 36.7 Å². The third kappa shape index (κ3) is 4.93. The van der Waals surface area contributed by atoms with Gasteiger partial charge in [0.1, 0.15) is 5.00 Å². The van der Waals surface area contributed by atoms with E-state index < -0.39 is 0 Å². The molecule has 166 valence electrons. The van der Waals surface area contributed by atoms with E-state index in [4.69, 9.17) is 4.74 Å². The highest BCUT2D eigenvalue weighted by molar-refractivity contribution is 7.17. The van der Waals surface area contributed by atoms with Crippen molar-refractivity contribution in [1.29, 1.82) is 0 Å². The second-order valence-corrected chi connectivity index (χ2v) is 9.34. The molecule has 4 rings (SSSR count). The summed E-state index contributed by atoms with van der Waals surface area (Å²) in [4.78, 5) is 31.2. The van der Waals surface area contributed by atoms with E-state index >= 15 is 0 Å². The average Bonchev–Trinajstić information content (AvgIpc) is 3.12. The summed E-state index contributed by atoms with van der Waals surface area (Å²) in [5.41, 5.74) is 4.22. The highest BCUT2D eigenvalue weighted by Crippen LogP contribution is 2.38. The van der Waals surface area contributed by atoms with Gasteiger partial charge in [-0.15, -0.1) is 11.3 Å². The molecule has 1 fully saturated rings. The third-order valence-corrected chi connectivity index (χ3v) is 7.31. The number of amides is 1. The molecule has 2 aromatic rings. The number of benzene rings is 1. The molecule has 0 radical (unpaired) electrons. The van der Waals surface area contributed by atoms with Crippen molar-refractivity contribution in [2.24, 2.45) is 0 Å². The van der Waals surface area contributed by atoms with Crippen LogP contribution in [-0.4, -0.2) is 56.1 Å². The van der Waals surface area contributed by atoms with Crippen LogP contribution in [0.25, 0.3) is 0 Å². The molecule has 1 aromatic heterocycles. The molecule has 2 aliphatic rings.